The predicted octanol–water partition coefficient (Wildman–Crippen LogP) is 2.90. The van der Waals surface area contributed by atoms with Crippen molar-refractivity contribution in [1.29, 1.82) is 0 Å². The molecule has 1 rings (SSSR count). The van der Waals surface area contributed by atoms with Crippen LogP contribution in [-0.2, 0) is 4.79 Å². The molecule has 11 heavy (non-hydrogen) atoms. The first-order valence-electron chi connectivity index (χ1n) is 4.00. The summed E-state index contributed by atoms with van der Waals surface area (Å²) in [4.78, 5) is 10.5. The van der Waals surface area contributed by atoms with E-state index in [-0.39, 0.29) is 0 Å². The van der Waals surface area contributed by atoms with Gasteiger partial charge in [0.1, 0.15) is 6.29 Å². The Bertz CT molecular complexity index is 196. The number of rotatable bonds is 1. The van der Waals surface area contributed by atoms with Gasteiger partial charge in [-0.25, -0.2) is 0 Å². The van der Waals surface area contributed by atoms with Gasteiger partial charge in [-0.05, 0) is 24.7 Å². The van der Waals surface area contributed by atoms with Crippen LogP contribution in [0.3, 0.4) is 0 Å². The molecule has 0 spiro atoms. The maximum atomic E-state index is 10.5. The molecule has 0 aromatic rings. The van der Waals surface area contributed by atoms with Crippen LogP contribution in [0, 0.1) is 11.8 Å². The third-order valence-corrected chi connectivity index (χ3v) is 3.80. The van der Waals surface area contributed by atoms with Crippen LogP contribution in [0.25, 0.3) is 0 Å². The van der Waals surface area contributed by atoms with Gasteiger partial charge in [0.05, 0.1) is 0 Å². The second-order valence-corrected chi connectivity index (χ2v) is 4.15. The molecule has 2 atom stereocenters. The van der Waals surface area contributed by atoms with E-state index in [1.54, 1.807) is 0 Å². The van der Waals surface area contributed by atoms with Gasteiger partial charge in [-0.2, -0.15) is 0 Å². The fraction of sp³-hybridized carbons (Fsp3) is 0.667. The maximum absolute atomic E-state index is 10.5. The summed E-state index contributed by atoms with van der Waals surface area (Å²) in [7, 11) is 0. The van der Waals surface area contributed by atoms with Gasteiger partial charge < -0.3 is 0 Å². The second kappa shape index (κ2) is 3.53. The van der Waals surface area contributed by atoms with Crippen LogP contribution in [0.5, 0.6) is 0 Å². The van der Waals surface area contributed by atoms with Gasteiger partial charge in [0.15, 0.2) is 0 Å². The van der Waals surface area contributed by atoms with E-state index in [4.69, 9.17) is 0 Å². The van der Waals surface area contributed by atoms with E-state index in [9.17, 15) is 4.79 Å². The van der Waals surface area contributed by atoms with Gasteiger partial charge in [-0.15, -0.1) is 0 Å². The number of aldehydes is 1. The quantitative estimate of drug-likeness (QED) is 0.617. The van der Waals surface area contributed by atoms with E-state index in [0.717, 1.165) is 29.2 Å². The molecule has 1 aliphatic rings. The molecule has 0 aliphatic heterocycles. The fourth-order valence-electron chi connectivity index (χ4n) is 1.41. The number of halogens is 1. The molecule has 0 radical (unpaired) electrons. The summed E-state index contributed by atoms with van der Waals surface area (Å²) in [6.07, 6.45) is 3.06. The summed E-state index contributed by atoms with van der Waals surface area (Å²) >= 11 is 3.47. The van der Waals surface area contributed by atoms with Crippen LogP contribution in [0.4, 0.5) is 0 Å². The Hall–Kier alpha value is -0.110. The summed E-state index contributed by atoms with van der Waals surface area (Å²) in [6, 6.07) is 0. The Labute approximate surface area is 76.0 Å². The van der Waals surface area contributed by atoms with Crippen molar-refractivity contribution in [2.75, 3.05) is 0 Å². The molecule has 0 saturated carbocycles. The summed E-state index contributed by atoms with van der Waals surface area (Å²) < 4.78 is 1.12. The Morgan fingerprint density at radius 1 is 1.55 bits per heavy atom. The van der Waals surface area contributed by atoms with E-state index >= 15 is 0 Å². The highest BCUT2D eigenvalue weighted by atomic mass is 79.9. The Morgan fingerprint density at radius 2 is 2.18 bits per heavy atom. The fourth-order valence-corrected chi connectivity index (χ4v) is 2.15. The third kappa shape index (κ3) is 1.73. The van der Waals surface area contributed by atoms with Crippen LogP contribution in [-0.4, -0.2) is 6.29 Å². The molecule has 2 unspecified atom stereocenters. The Balaban J connectivity index is 2.86. The first kappa shape index (κ1) is 8.98. The third-order valence-electron chi connectivity index (χ3n) is 2.57. The molecular weight excluding hydrogens is 204 g/mol. The highest BCUT2D eigenvalue weighted by Crippen LogP contribution is 2.36. The molecule has 0 fully saturated rings. The van der Waals surface area contributed by atoms with Crippen molar-refractivity contribution < 1.29 is 4.79 Å². The molecular formula is C9H13BrO. The Morgan fingerprint density at radius 3 is 2.73 bits per heavy atom. The number of carbonyl (C=O) groups excluding carboxylic acids is 1. The Kier molecular flexibility index (Phi) is 2.88. The van der Waals surface area contributed by atoms with Crippen LogP contribution in [0.15, 0.2) is 10.1 Å². The van der Waals surface area contributed by atoms with E-state index in [1.165, 1.54) is 0 Å². The van der Waals surface area contributed by atoms with Crippen LogP contribution in [0.2, 0.25) is 0 Å². The van der Waals surface area contributed by atoms with Crippen molar-refractivity contribution in [2.45, 2.75) is 26.7 Å². The second-order valence-electron chi connectivity index (χ2n) is 3.30. The van der Waals surface area contributed by atoms with Crippen LogP contribution < -0.4 is 0 Å². The molecule has 0 aromatic heterocycles. The maximum Gasteiger partial charge on any atom is 0.146 e. The zero-order chi connectivity index (χ0) is 8.43. The molecule has 62 valence electrons. The van der Waals surface area contributed by atoms with Gasteiger partial charge >= 0.3 is 0 Å². The highest BCUT2D eigenvalue weighted by molar-refractivity contribution is 9.11. The van der Waals surface area contributed by atoms with Crippen molar-refractivity contribution in [3.63, 3.8) is 0 Å². The predicted molar refractivity (Wildman–Crippen MR) is 49.6 cm³/mol. The van der Waals surface area contributed by atoms with Crippen LogP contribution >= 0.6 is 15.9 Å². The van der Waals surface area contributed by atoms with Crippen molar-refractivity contribution >= 4 is 22.2 Å². The number of hydrogen-bond donors (Lipinski definition) is 0. The number of hydrogen-bond acceptors (Lipinski definition) is 1. The highest BCUT2D eigenvalue weighted by Gasteiger charge is 2.23. The minimum absolute atomic E-state index is 0.518. The molecule has 0 bridgehead atoms. The summed E-state index contributed by atoms with van der Waals surface area (Å²) in [5, 5.41) is 0. The number of carbonyl (C=O) groups is 1. The van der Waals surface area contributed by atoms with Gasteiger partial charge in [0.25, 0.3) is 0 Å². The van der Waals surface area contributed by atoms with Gasteiger partial charge in [0, 0.05) is 10.1 Å². The summed E-state index contributed by atoms with van der Waals surface area (Å²) in [6.45, 7) is 4.39. The zero-order valence-electron chi connectivity index (χ0n) is 6.93. The van der Waals surface area contributed by atoms with E-state index < -0.39 is 0 Å². The minimum Gasteiger partial charge on any atom is -0.298 e. The van der Waals surface area contributed by atoms with Crippen molar-refractivity contribution in [2.24, 2.45) is 11.8 Å². The summed E-state index contributed by atoms with van der Waals surface area (Å²) in [5.41, 5.74) is 0.954. The molecule has 0 heterocycles. The lowest BCUT2D eigenvalue weighted by Crippen LogP contribution is -2.15. The van der Waals surface area contributed by atoms with E-state index in [1.807, 2.05) is 0 Å². The van der Waals surface area contributed by atoms with Crippen molar-refractivity contribution in [3.8, 4) is 0 Å². The number of allylic oxidation sites excluding steroid dienone is 2. The largest absolute Gasteiger partial charge is 0.298 e. The van der Waals surface area contributed by atoms with Crippen molar-refractivity contribution in [1.82, 2.24) is 0 Å². The van der Waals surface area contributed by atoms with E-state index in [2.05, 4.69) is 29.8 Å². The smallest absolute Gasteiger partial charge is 0.146 e. The SMILES string of the molecule is CC1CCC(C=O)=C(Br)C1C. The minimum atomic E-state index is 0.518. The standard InChI is InChI=1S/C9H13BrO/c1-6-3-4-8(5-11)9(10)7(6)2/h5-7H,3-4H2,1-2H3. The first-order chi connectivity index (χ1) is 5.16. The zero-order valence-corrected chi connectivity index (χ0v) is 8.52. The molecule has 2 heteroatoms. The topological polar surface area (TPSA) is 17.1 Å². The summed E-state index contributed by atoms with van der Waals surface area (Å²) in [5.74, 6) is 1.22. The molecule has 0 aromatic carbocycles. The van der Waals surface area contributed by atoms with Crippen LogP contribution in [0.1, 0.15) is 26.7 Å². The average Bonchev–Trinajstić information content (AvgIpc) is 2.01. The average molecular weight is 217 g/mol. The molecule has 0 N–H and O–H groups in total. The van der Waals surface area contributed by atoms with Gasteiger partial charge in [0.2, 0.25) is 0 Å². The lowest BCUT2D eigenvalue weighted by molar-refractivity contribution is -0.105. The first-order valence-corrected chi connectivity index (χ1v) is 4.79. The molecule has 1 nitrogen and oxygen atoms in total. The lowest BCUT2D eigenvalue weighted by atomic mass is 9.83. The van der Waals surface area contributed by atoms with Gasteiger partial charge in [-0.3, -0.25) is 4.79 Å². The molecule has 1 aliphatic carbocycles. The van der Waals surface area contributed by atoms with E-state index in [0.29, 0.717) is 11.8 Å². The monoisotopic (exact) mass is 216 g/mol. The normalized spacial score (nSPS) is 32.3. The van der Waals surface area contributed by atoms with Gasteiger partial charge in [-0.1, -0.05) is 29.8 Å². The lowest BCUT2D eigenvalue weighted by Gasteiger charge is -2.26. The van der Waals surface area contributed by atoms with Crippen molar-refractivity contribution in [3.05, 3.63) is 10.1 Å². The molecule has 0 saturated heterocycles. The molecule has 0 amide bonds.